The van der Waals surface area contributed by atoms with E-state index in [1.54, 1.807) is 24.3 Å². The molecule has 5 atom stereocenters. The fourth-order valence-corrected chi connectivity index (χ4v) is 10.1. The molecule has 330 valence electrons. The fraction of sp³-hybridized carbons (Fsp3) is 0.296. The lowest BCUT2D eigenvalue weighted by Gasteiger charge is -2.50. The van der Waals surface area contributed by atoms with E-state index in [2.05, 4.69) is 23.5 Å². The average Bonchev–Trinajstić information content (AvgIpc) is 3.27. The van der Waals surface area contributed by atoms with Crippen LogP contribution in [0, 0.1) is 11.3 Å². The third-order valence-corrected chi connectivity index (χ3v) is 13.0. The molecule has 0 saturated heterocycles. The maximum absolute atomic E-state index is 14.3. The largest absolute Gasteiger partial charge is 0.508 e. The van der Waals surface area contributed by atoms with E-state index in [0.29, 0.717) is 43.7 Å². The van der Waals surface area contributed by atoms with Gasteiger partial charge in [-0.15, -0.1) is 0 Å². The molecular weight excluding hydrogens is 807 g/mol. The Morgan fingerprint density at radius 2 is 1.58 bits per heavy atom. The van der Waals surface area contributed by atoms with Crippen LogP contribution in [-0.2, 0) is 44.9 Å². The molecule has 0 heterocycles. The first-order valence-electron chi connectivity index (χ1n) is 21.8. The Morgan fingerprint density at radius 1 is 0.781 bits per heavy atom. The van der Waals surface area contributed by atoms with Crippen LogP contribution >= 0.6 is 0 Å². The van der Waals surface area contributed by atoms with Crippen LogP contribution in [-0.4, -0.2) is 60.7 Å². The van der Waals surface area contributed by atoms with Gasteiger partial charge >= 0.3 is 11.9 Å². The molecule has 1 saturated carbocycles. The van der Waals surface area contributed by atoms with Crippen molar-refractivity contribution >= 4 is 28.8 Å². The summed E-state index contributed by atoms with van der Waals surface area (Å²) in [5.74, 6) is -0.423. The highest BCUT2D eigenvalue weighted by Gasteiger charge is 2.50. The van der Waals surface area contributed by atoms with Gasteiger partial charge in [0.05, 0.1) is 20.6 Å². The number of benzene rings is 6. The number of carbonyl (C=O) groups excluding carboxylic acids is 2. The molecule has 0 radical (unpaired) electrons. The fourth-order valence-electron chi connectivity index (χ4n) is 10.1. The van der Waals surface area contributed by atoms with Crippen molar-refractivity contribution in [1.29, 1.82) is 0 Å². The smallest absolute Gasteiger partial charge is 0.310 e. The topological polar surface area (TPSA) is 144 Å². The van der Waals surface area contributed by atoms with Crippen molar-refractivity contribution < 1.29 is 43.9 Å². The molecule has 2 aliphatic rings. The number of nitrogens with one attached hydrogen (secondary N) is 1. The van der Waals surface area contributed by atoms with Crippen molar-refractivity contribution in [3.8, 4) is 39.9 Å². The van der Waals surface area contributed by atoms with Gasteiger partial charge in [0.15, 0.2) is 23.0 Å². The van der Waals surface area contributed by atoms with Crippen molar-refractivity contribution in [3.05, 3.63) is 155 Å². The van der Waals surface area contributed by atoms with Crippen LogP contribution in [0.1, 0.15) is 65.5 Å². The Kier molecular flexibility index (Phi) is 13.0. The number of allylic oxidation sites excluding steroid dienone is 1. The lowest BCUT2D eigenvalue weighted by Crippen LogP contribution is -2.49. The summed E-state index contributed by atoms with van der Waals surface area (Å²) in [6, 6.07) is 36.5. The monoisotopic (exact) mass is 861 g/mol. The molecule has 64 heavy (non-hydrogen) atoms. The van der Waals surface area contributed by atoms with Gasteiger partial charge in [0, 0.05) is 25.8 Å². The molecule has 0 aliphatic heterocycles. The number of esters is 2. The zero-order chi connectivity index (χ0) is 45.0. The molecule has 0 aromatic heterocycles. The summed E-state index contributed by atoms with van der Waals surface area (Å²) >= 11 is 0. The van der Waals surface area contributed by atoms with Crippen LogP contribution in [0.5, 0.6) is 28.7 Å². The van der Waals surface area contributed by atoms with Gasteiger partial charge in [0.2, 0.25) is 0 Å². The Labute approximate surface area is 374 Å². The van der Waals surface area contributed by atoms with E-state index in [1.165, 1.54) is 21.1 Å². The first kappa shape index (κ1) is 43.9. The van der Waals surface area contributed by atoms with E-state index >= 15 is 0 Å². The Morgan fingerprint density at radius 3 is 2.34 bits per heavy atom. The van der Waals surface area contributed by atoms with Gasteiger partial charge in [-0.3, -0.25) is 9.59 Å². The van der Waals surface area contributed by atoms with E-state index in [1.807, 2.05) is 92.0 Å². The number of hydrogen-bond donors (Lipinski definition) is 4. The molecule has 0 amide bonds. The third kappa shape index (κ3) is 9.57. The zero-order valence-electron chi connectivity index (χ0n) is 36.7. The van der Waals surface area contributed by atoms with E-state index in [0.717, 1.165) is 55.3 Å². The summed E-state index contributed by atoms with van der Waals surface area (Å²) in [4.78, 5) is 27.3. The van der Waals surface area contributed by atoms with Crippen molar-refractivity contribution in [2.75, 3.05) is 21.3 Å². The first-order valence-corrected chi connectivity index (χ1v) is 21.8. The lowest BCUT2D eigenvalue weighted by molar-refractivity contribution is -0.161. The number of fused-ring (bicyclic) bond motifs is 3. The SMILES string of the molecule is CNCc1cccc(-c2cc(O)cc3ccc(CC(=O)OC4CC(c5ccc(O)c(OC)c5)CC5(C=Cc6ccccc6)Cc6cc(O)c(OC)cc6CC5C(OC(C)=O)C4)cc23)c1. The molecular formula is C54H55NO9. The van der Waals surface area contributed by atoms with Crippen molar-refractivity contribution in [2.24, 2.45) is 11.3 Å². The average molecular weight is 862 g/mol. The van der Waals surface area contributed by atoms with Gasteiger partial charge in [-0.05, 0) is 148 Å². The van der Waals surface area contributed by atoms with Gasteiger partial charge in [0.1, 0.15) is 18.0 Å². The molecule has 2 aliphatic carbocycles. The molecule has 8 rings (SSSR count). The van der Waals surface area contributed by atoms with Gasteiger partial charge in [-0.1, -0.05) is 78.9 Å². The first-order chi connectivity index (χ1) is 30.9. The number of carbonyl (C=O) groups is 2. The number of phenolic OH excluding ortho intramolecular Hbond substituents is 3. The van der Waals surface area contributed by atoms with E-state index < -0.39 is 29.6 Å². The molecule has 0 bridgehead atoms. The summed E-state index contributed by atoms with van der Waals surface area (Å²) in [6.45, 7) is 2.11. The zero-order valence-corrected chi connectivity index (χ0v) is 36.7. The quantitative estimate of drug-likeness (QED) is 0.0879. The lowest BCUT2D eigenvalue weighted by atomic mass is 9.56. The Bertz CT molecular complexity index is 2690. The molecule has 10 nitrogen and oxygen atoms in total. The maximum Gasteiger partial charge on any atom is 0.310 e. The predicted octanol–water partition coefficient (Wildman–Crippen LogP) is 9.83. The molecule has 6 aromatic carbocycles. The highest BCUT2D eigenvalue weighted by atomic mass is 16.6. The minimum atomic E-state index is -0.656. The highest BCUT2D eigenvalue weighted by molar-refractivity contribution is 5.98. The van der Waals surface area contributed by atoms with Crippen molar-refractivity contribution in [3.63, 3.8) is 0 Å². The van der Waals surface area contributed by atoms with Crippen LogP contribution < -0.4 is 14.8 Å². The number of aromatic hydroxyl groups is 3. The highest BCUT2D eigenvalue weighted by Crippen LogP contribution is 2.54. The second-order valence-electron chi connectivity index (χ2n) is 17.3. The van der Waals surface area contributed by atoms with Gasteiger partial charge in [0.25, 0.3) is 0 Å². The molecule has 5 unspecified atom stereocenters. The minimum absolute atomic E-state index is 0.00761. The van der Waals surface area contributed by atoms with Crippen LogP contribution in [0.25, 0.3) is 28.0 Å². The second-order valence-corrected chi connectivity index (χ2v) is 17.3. The maximum atomic E-state index is 14.3. The number of hydrogen-bond acceptors (Lipinski definition) is 10. The minimum Gasteiger partial charge on any atom is -0.508 e. The van der Waals surface area contributed by atoms with E-state index in [4.69, 9.17) is 18.9 Å². The van der Waals surface area contributed by atoms with Crippen LogP contribution in [0.4, 0.5) is 0 Å². The summed E-state index contributed by atoms with van der Waals surface area (Å²) in [5.41, 5.74) is 6.92. The molecule has 10 heteroatoms. The summed E-state index contributed by atoms with van der Waals surface area (Å²) in [6.07, 6.45) is 5.29. The van der Waals surface area contributed by atoms with Crippen LogP contribution in [0.2, 0.25) is 0 Å². The summed E-state index contributed by atoms with van der Waals surface area (Å²) in [7, 11) is 4.94. The molecule has 6 aromatic rings. The van der Waals surface area contributed by atoms with Crippen LogP contribution in [0.3, 0.4) is 0 Å². The third-order valence-electron chi connectivity index (χ3n) is 13.0. The number of methoxy groups -OCH3 is 2. The molecule has 4 N–H and O–H groups in total. The van der Waals surface area contributed by atoms with Gasteiger partial charge < -0.3 is 39.6 Å². The predicted molar refractivity (Wildman–Crippen MR) is 248 cm³/mol. The number of ether oxygens (including phenoxy) is 4. The molecule has 0 spiro atoms. The standard InChI is InChI=1S/C54H55NO9/c1-33(56)63-50-29-44(64-53(60)21-35-13-14-39-22-43(57)28-46(45(39)20-35)38-12-8-11-36(19-38)32-55-2)23-41(37-15-16-48(58)51(26-37)61-3)30-54(18-17-34-9-6-5-7-10-34)31-42-25-49(59)52(62-4)27-40(42)24-47(50)54/h5-20,22,25-28,41,44,47,50,55,57-59H,21,23-24,29-32H2,1-4H3. The van der Waals surface area contributed by atoms with Crippen LogP contribution in [0.15, 0.2) is 121 Å². The normalized spacial score (nSPS) is 20.7. The van der Waals surface area contributed by atoms with Crippen molar-refractivity contribution in [2.45, 2.75) is 70.1 Å². The van der Waals surface area contributed by atoms with Gasteiger partial charge in [-0.2, -0.15) is 0 Å². The van der Waals surface area contributed by atoms with Gasteiger partial charge in [-0.25, -0.2) is 0 Å². The Balaban J connectivity index is 1.18. The van der Waals surface area contributed by atoms with Crippen molar-refractivity contribution in [1.82, 2.24) is 5.32 Å². The van der Waals surface area contributed by atoms with E-state index in [-0.39, 0.29) is 41.9 Å². The summed E-state index contributed by atoms with van der Waals surface area (Å²) in [5, 5.41) is 37.3. The van der Waals surface area contributed by atoms with E-state index in [9.17, 15) is 24.9 Å². The number of phenols is 3. The molecule has 1 fully saturated rings. The number of rotatable bonds is 12. The summed E-state index contributed by atoms with van der Waals surface area (Å²) < 4.78 is 23.9. The second kappa shape index (κ2) is 18.9. The Hall–Kier alpha value is -6.78.